The molecule has 3 saturated heterocycles. The maximum atomic E-state index is 15.0. The van der Waals surface area contributed by atoms with Crippen LogP contribution in [0.25, 0.3) is 10.9 Å². The van der Waals surface area contributed by atoms with E-state index in [-0.39, 0.29) is 40.7 Å². The van der Waals surface area contributed by atoms with E-state index in [0.717, 1.165) is 45.2 Å². The van der Waals surface area contributed by atoms with E-state index in [4.69, 9.17) is 21.1 Å². The summed E-state index contributed by atoms with van der Waals surface area (Å²) in [7, 11) is 0. The second-order valence-electron chi connectivity index (χ2n) is 9.07. The second-order valence-corrected chi connectivity index (χ2v) is 9.42. The molecule has 166 valence electrons. The van der Waals surface area contributed by atoms with Crippen LogP contribution in [0.3, 0.4) is 0 Å². The van der Waals surface area contributed by atoms with Crippen LogP contribution in [0, 0.1) is 5.82 Å². The van der Waals surface area contributed by atoms with Crippen LogP contribution in [0.1, 0.15) is 38.5 Å². The van der Waals surface area contributed by atoms with E-state index in [0.29, 0.717) is 30.8 Å². The van der Waals surface area contributed by atoms with Gasteiger partial charge in [0.2, 0.25) is 5.88 Å². The van der Waals surface area contributed by atoms with Gasteiger partial charge in [-0.1, -0.05) is 11.6 Å². The number of anilines is 1. The molecule has 3 atom stereocenters. The van der Waals surface area contributed by atoms with E-state index in [1.54, 1.807) is 0 Å². The number of halogens is 3. The number of alkyl halides is 1. The number of hydrogen-bond acceptors (Lipinski definition) is 7. The highest BCUT2D eigenvalue weighted by Crippen LogP contribution is 2.42. The van der Waals surface area contributed by atoms with Gasteiger partial charge in [-0.3, -0.25) is 4.90 Å². The first kappa shape index (κ1) is 19.7. The van der Waals surface area contributed by atoms with Crippen molar-refractivity contribution in [1.29, 1.82) is 0 Å². The number of hydrogen-bond donors (Lipinski definition) is 0. The van der Waals surface area contributed by atoms with E-state index in [1.165, 1.54) is 0 Å². The quantitative estimate of drug-likeness (QED) is 0.661. The largest absolute Gasteiger partial charge is 0.477 e. The monoisotopic (exact) mass is 451 g/mol. The molecular weight excluding hydrogens is 428 g/mol. The molecule has 10 heteroatoms. The van der Waals surface area contributed by atoms with Crippen LogP contribution < -0.4 is 14.4 Å². The van der Waals surface area contributed by atoms with Crippen LogP contribution in [0.2, 0.25) is 5.15 Å². The molecule has 0 spiro atoms. The average molecular weight is 452 g/mol. The summed E-state index contributed by atoms with van der Waals surface area (Å²) in [6.45, 7) is 2.90. The number of pyridine rings is 1. The molecule has 2 aromatic heterocycles. The molecule has 4 aliphatic rings. The minimum atomic E-state index is -0.845. The van der Waals surface area contributed by atoms with Crippen molar-refractivity contribution < 1.29 is 18.3 Å². The van der Waals surface area contributed by atoms with Crippen molar-refractivity contribution in [2.24, 2.45) is 0 Å². The minimum absolute atomic E-state index is 0.0538. The Balaban J connectivity index is 1.42. The summed E-state index contributed by atoms with van der Waals surface area (Å²) < 4.78 is 41.0. The molecule has 2 aromatic rings. The lowest BCUT2D eigenvalue weighted by atomic mass is 9.95. The van der Waals surface area contributed by atoms with E-state index < -0.39 is 12.0 Å². The number of rotatable bonds is 3. The van der Waals surface area contributed by atoms with Crippen molar-refractivity contribution in [2.45, 2.75) is 56.3 Å². The van der Waals surface area contributed by atoms with Gasteiger partial charge in [0.05, 0.1) is 12.1 Å². The first-order valence-electron chi connectivity index (χ1n) is 11.0. The van der Waals surface area contributed by atoms with Gasteiger partial charge in [-0.2, -0.15) is 15.0 Å². The zero-order chi connectivity index (χ0) is 21.2. The van der Waals surface area contributed by atoms with Gasteiger partial charge >= 0.3 is 6.01 Å². The Morgan fingerprint density at radius 3 is 3.00 bits per heavy atom. The van der Waals surface area contributed by atoms with E-state index >= 15 is 4.39 Å². The Bertz CT molecular complexity index is 1040. The van der Waals surface area contributed by atoms with Gasteiger partial charge in [0.15, 0.2) is 11.0 Å². The molecule has 3 fully saturated rings. The molecule has 0 aromatic carbocycles. The van der Waals surface area contributed by atoms with Crippen molar-refractivity contribution >= 4 is 28.3 Å². The first-order chi connectivity index (χ1) is 15.0. The summed E-state index contributed by atoms with van der Waals surface area (Å²) in [5.41, 5.74) is -0.277. The first-order valence-corrected chi connectivity index (χ1v) is 11.4. The van der Waals surface area contributed by atoms with Crippen molar-refractivity contribution in [3.8, 4) is 11.9 Å². The Morgan fingerprint density at radius 2 is 2.10 bits per heavy atom. The van der Waals surface area contributed by atoms with Gasteiger partial charge in [0.1, 0.15) is 29.5 Å². The highest BCUT2D eigenvalue weighted by Gasteiger charge is 2.49. The predicted molar refractivity (Wildman–Crippen MR) is 111 cm³/mol. The number of aromatic nitrogens is 3. The van der Waals surface area contributed by atoms with Crippen molar-refractivity contribution in [2.75, 3.05) is 37.7 Å². The Morgan fingerprint density at radius 1 is 1.19 bits per heavy atom. The zero-order valence-corrected chi connectivity index (χ0v) is 17.9. The summed E-state index contributed by atoms with van der Waals surface area (Å²) in [5, 5.41) is 0.152. The molecule has 0 aliphatic carbocycles. The Hall–Kier alpha value is -2.00. The predicted octanol–water partition coefficient (Wildman–Crippen LogP) is 3.52. The summed E-state index contributed by atoms with van der Waals surface area (Å²) in [6, 6.07) is 0.355. The second kappa shape index (κ2) is 7.27. The molecule has 4 aliphatic heterocycles. The lowest BCUT2D eigenvalue weighted by molar-refractivity contribution is 0.107. The molecule has 0 bridgehead atoms. The summed E-state index contributed by atoms with van der Waals surface area (Å²) in [4.78, 5) is 17.5. The molecule has 0 radical (unpaired) electrons. The topological polar surface area (TPSA) is 63.6 Å². The highest BCUT2D eigenvalue weighted by molar-refractivity contribution is 6.30. The zero-order valence-electron chi connectivity index (χ0n) is 17.1. The standard InChI is InChI=1S/C21H24ClF2N5O2/c22-17-15(24)16-14-18(29-7-1-3-13(29)4-8-30-19(14)26-17)27-20(25-16)31-11-21-5-2-6-28(21)10-12(23)9-21/h12-13H,1-11H2/t12-,13+,21+/m1/s1. The van der Waals surface area contributed by atoms with Gasteiger partial charge < -0.3 is 14.4 Å². The SMILES string of the molecule is Fc1c(Cl)nc2c3c(nc(OC[C@@]45CCCN4C[C@H](F)C5)nc13)N1CCC[C@H]1CCO2. The molecule has 0 N–H and O–H groups in total. The fourth-order valence-corrected chi connectivity index (χ4v) is 5.97. The van der Waals surface area contributed by atoms with Crippen LogP contribution in [0.15, 0.2) is 0 Å². The van der Waals surface area contributed by atoms with Crippen LogP contribution >= 0.6 is 11.6 Å². The number of fused-ring (bicyclic) bond motifs is 3. The van der Waals surface area contributed by atoms with Crippen molar-refractivity contribution in [3.05, 3.63) is 11.0 Å². The van der Waals surface area contributed by atoms with Crippen molar-refractivity contribution in [1.82, 2.24) is 19.9 Å². The van der Waals surface area contributed by atoms with Crippen LogP contribution in [-0.4, -0.2) is 70.5 Å². The van der Waals surface area contributed by atoms with Gasteiger partial charge in [0, 0.05) is 32.0 Å². The van der Waals surface area contributed by atoms with Crippen LogP contribution in [0.4, 0.5) is 14.6 Å². The van der Waals surface area contributed by atoms with E-state index in [9.17, 15) is 4.39 Å². The molecule has 31 heavy (non-hydrogen) atoms. The Kier molecular flexibility index (Phi) is 4.61. The molecule has 6 heterocycles. The van der Waals surface area contributed by atoms with Crippen LogP contribution in [-0.2, 0) is 0 Å². The fraction of sp³-hybridized carbons (Fsp3) is 0.667. The summed E-state index contributed by atoms with van der Waals surface area (Å²) in [6.07, 6.45) is 4.39. The van der Waals surface area contributed by atoms with E-state index in [1.807, 2.05) is 0 Å². The third-order valence-corrected chi connectivity index (χ3v) is 7.49. The fourth-order valence-electron chi connectivity index (χ4n) is 5.81. The lowest BCUT2D eigenvalue weighted by Gasteiger charge is -2.32. The van der Waals surface area contributed by atoms with Crippen molar-refractivity contribution in [3.63, 3.8) is 0 Å². The van der Waals surface area contributed by atoms with Gasteiger partial charge in [-0.05, 0) is 32.2 Å². The van der Waals surface area contributed by atoms with Crippen LogP contribution in [0.5, 0.6) is 11.9 Å². The number of ether oxygens (including phenoxy) is 2. The maximum Gasteiger partial charge on any atom is 0.319 e. The number of nitrogens with zero attached hydrogens (tertiary/aromatic N) is 5. The van der Waals surface area contributed by atoms with Gasteiger partial charge in [0.25, 0.3) is 0 Å². The third-order valence-electron chi connectivity index (χ3n) is 7.24. The Labute approximate surface area is 183 Å². The minimum Gasteiger partial charge on any atom is -0.477 e. The highest BCUT2D eigenvalue weighted by atomic mass is 35.5. The molecule has 7 nitrogen and oxygen atoms in total. The lowest BCUT2D eigenvalue weighted by Crippen LogP contribution is -2.43. The molecule has 0 saturated carbocycles. The van der Waals surface area contributed by atoms with Gasteiger partial charge in [-0.15, -0.1) is 0 Å². The maximum absolute atomic E-state index is 15.0. The molecular formula is C21H24ClF2N5O2. The van der Waals surface area contributed by atoms with E-state index in [2.05, 4.69) is 24.8 Å². The normalized spacial score (nSPS) is 30.1. The molecule has 6 rings (SSSR count). The summed E-state index contributed by atoms with van der Waals surface area (Å²) >= 11 is 6.05. The van der Waals surface area contributed by atoms with Gasteiger partial charge in [-0.25, -0.2) is 8.78 Å². The smallest absolute Gasteiger partial charge is 0.319 e. The molecule has 0 unspecified atom stereocenters. The molecule has 0 amide bonds. The summed E-state index contributed by atoms with van der Waals surface area (Å²) in [5.74, 6) is 0.125. The average Bonchev–Trinajstić information content (AvgIpc) is 3.42. The third kappa shape index (κ3) is 3.11.